The molecule has 0 aromatic carbocycles. The molecule has 0 fully saturated rings. The third-order valence-corrected chi connectivity index (χ3v) is 4.74. The standard InChI is InChI=1S/C18H8ClF10N3O2/c1-2-34-13(33)11-9-5-8(6-30)3-4-32(9)10(7-31)12(11)14(20,21)15(22,23)16(24,25)17(26,27)18(19,28)29/h3-5H,2H2,1H3. The van der Waals surface area contributed by atoms with Crippen LogP contribution in [0.1, 0.15) is 34.1 Å². The van der Waals surface area contributed by atoms with Crippen LogP contribution in [0.3, 0.4) is 0 Å². The molecule has 0 N–H and O–H groups in total. The normalized spacial score (nSPS) is 13.5. The van der Waals surface area contributed by atoms with Gasteiger partial charge in [-0.05, 0) is 30.7 Å². The molecule has 5 nitrogen and oxygen atoms in total. The number of hydrogen-bond acceptors (Lipinski definition) is 4. The molecule has 0 atom stereocenters. The lowest BCUT2D eigenvalue weighted by Gasteiger charge is -2.37. The van der Waals surface area contributed by atoms with Gasteiger partial charge >= 0.3 is 35.0 Å². The van der Waals surface area contributed by atoms with Crippen LogP contribution in [0.2, 0.25) is 0 Å². The Morgan fingerprint density at radius 2 is 1.56 bits per heavy atom. The number of hydrogen-bond donors (Lipinski definition) is 0. The Morgan fingerprint density at radius 3 is 2.00 bits per heavy atom. The number of aromatic nitrogens is 1. The van der Waals surface area contributed by atoms with Crippen molar-refractivity contribution in [2.24, 2.45) is 0 Å². The van der Waals surface area contributed by atoms with E-state index in [4.69, 9.17) is 5.26 Å². The molecule has 0 aliphatic carbocycles. The molecule has 0 aliphatic heterocycles. The van der Waals surface area contributed by atoms with E-state index in [2.05, 4.69) is 16.3 Å². The molecule has 184 valence electrons. The second kappa shape index (κ2) is 8.23. The maximum absolute atomic E-state index is 15.0. The molecular weight excluding hydrogens is 516 g/mol. The lowest BCUT2D eigenvalue weighted by Crippen LogP contribution is -2.65. The van der Waals surface area contributed by atoms with Crippen molar-refractivity contribution < 1.29 is 53.4 Å². The van der Waals surface area contributed by atoms with E-state index in [0.717, 1.165) is 19.1 Å². The molecule has 0 spiro atoms. The number of pyridine rings is 1. The first-order valence-corrected chi connectivity index (χ1v) is 8.96. The summed E-state index contributed by atoms with van der Waals surface area (Å²) >= 11 is 3.79. The quantitative estimate of drug-likeness (QED) is 0.265. The first kappa shape index (κ1) is 27.0. The van der Waals surface area contributed by atoms with Crippen LogP contribution in [0.15, 0.2) is 18.3 Å². The van der Waals surface area contributed by atoms with Crippen LogP contribution in [-0.4, -0.2) is 40.1 Å². The number of ether oxygens (including phenoxy) is 1. The number of carbonyl (C=O) groups excluding carboxylic acids is 1. The van der Waals surface area contributed by atoms with Crippen LogP contribution in [0.5, 0.6) is 0 Å². The molecule has 2 heterocycles. The zero-order chi connectivity index (χ0) is 26.5. The van der Waals surface area contributed by atoms with Crippen molar-refractivity contribution in [3.8, 4) is 12.1 Å². The second-order valence-corrected chi connectivity index (χ2v) is 6.98. The van der Waals surface area contributed by atoms with Crippen LogP contribution < -0.4 is 0 Å². The predicted molar refractivity (Wildman–Crippen MR) is 92.3 cm³/mol. The van der Waals surface area contributed by atoms with Gasteiger partial charge in [-0.3, -0.25) is 0 Å². The van der Waals surface area contributed by atoms with Gasteiger partial charge in [-0.25, -0.2) is 4.79 Å². The third kappa shape index (κ3) is 3.58. The number of rotatable bonds is 7. The van der Waals surface area contributed by atoms with Crippen LogP contribution in [0.4, 0.5) is 43.9 Å². The summed E-state index contributed by atoms with van der Waals surface area (Å²) < 4.78 is 144. The van der Waals surface area contributed by atoms with Crippen molar-refractivity contribution in [3.05, 3.63) is 40.7 Å². The molecule has 0 unspecified atom stereocenters. The van der Waals surface area contributed by atoms with Gasteiger partial charge in [0.05, 0.1) is 34.9 Å². The number of alkyl halides is 11. The van der Waals surface area contributed by atoms with Gasteiger partial charge < -0.3 is 9.14 Å². The maximum Gasteiger partial charge on any atom is 0.393 e. The molecule has 0 bridgehead atoms. The Balaban J connectivity index is 3.02. The van der Waals surface area contributed by atoms with E-state index in [1.807, 2.05) is 0 Å². The van der Waals surface area contributed by atoms with Gasteiger partial charge in [0.25, 0.3) is 0 Å². The minimum absolute atomic E-state index is 0.304. The Bertz CT molecular complexity index is 1220. The monoisotopic (exact) mass is 523 g/mol. The van der Waals surface area contributed by atoms with Crippen LogP contribution >= 0.6 is 11.6 Å². The highest BCUT2D eigenvalue weighted by Crippen LogP contribution is 2.61. The molecule has 0 saturated carbocycles. The summed E-state index contributed by atoms with van der Waals surface area (Å²) in [5, 5.41) is 11.8. The number of nitrogens with zero attached hydrogens (tertiary/aromatic N) is 3. The highest BCUT2D eigenvalue weighted by atomic mass is 35.5. The van der Waals surface area contributed by atoms with E-state index in [-0.39, 0.29) is 5.56 Å². The first-order chi connectivity index (χ1) is 15.3. The molecule has 2 aromatic rings. The molecule has 0 aliphatic rings. The molecule has 0 saturated heterocycles. The van der Waals surface area contributed by atoms with Crippen molar-refractivity contribution in [3.63, 3.8) is 0 Å². The van der Waals surface area contributed by atoms with Crippen LogP contribution in [0, 0.1) is 22.7 Å². The lowest BCUT2D eigenvalue weighted by atomic mass is 9.91. The zero-order valence-corrected chi connectivity index (χ0v) is 17.0. The van der Waals surface area contributed by atoms with E-state index in [0.29, 0.717) is 16.7 Å². The molecule has 0 radical (unpaired) electrons. The Labute approximate surface area is 187 Å². The number of fused-ring (bicyclic) bond motifs is 1. The molecular formula is C18H8ClF10N3O2. The van der Waals surface area contributed by atoms with Crippen molar-refractivity contribution in [2.45, 2.75) is 36.0 Å². The Kier molecular flexibility index (Phi) is 6.55. The van der Waals surface area contributed by atoms with Gasteiger partial charge in [-0.15, -0.1) is 0 Å². The van der Waals surface area contributed by atoms with Crippen LogP contribution in [0.25, 0.3) is 5.52 Å². The van der Waals surface area contributed by atoms with Crippen molar-refractivity contribution in [1.29, 1.82) is 10.5 Å². The topological polar surface area (TPSA) is 78.3 Å². The summed E-state index contributed by atoms with van der Waals surface area (Å²) in [6.45, 7) is 0.524. The summed E-state index contributed by atoms with van der Waals surface area (Å²) in [4.78, 5) is 12.3. The highest BCUT2D eigenvalue weighted by molar-refractivity contribution is 6.22. The number of halogens is 11. The average Bonchev–Trinajstić information content (AvgIpc) is 3.06. The van der Waals surface area contributed by atoms with Gasteiger partial charge in [0.1, 0.15) is 11.8 Å². The summed E-state index contributed by atoms with van der Waals surface area (Å²) in [5.41, 5.74) is -7.07. The number of nitriles is 2. The lowest BCUT2D eigenvalue weighted by molar-refractivity contribution is -0.393. The minimum atomic E-state index is -7.51. The van der Waals surface area contributed by atoms with E-state index in [1.54, 1.807) is 0 Å². The van der Waals surface area contributed by atoms with Crippen molar-refractivity contribution in [2.75, 3.05) is 6.61 Å². The van der Waals surface area contributed by atoms with E-state index >= 15 is 0 Å². The maximum atomic E-state index is 15.0. The summed E-state index contributed by atoms with van der Waals surface area (Å²) in [7, 11) is 0. The van der Waals surface area contributed by atoms with E-state index < -0.39 is 64.0 Å². The first-order valence-electron chi connectivity index (χ1n) is 8.58. The van der Waals surface area contributed by atoms with E-state index in [9.17, 15) is 54.0 Å². The number of esters is 1. The average molecular weight is 524 g/mol. The highest BCUT2D eigenvalue weighted by Gasteiger charge is 2.87. The van der Waals surface area contributed by atoms with Gasteiger partial charge in [0, 0.05) is 6.20 Å². The predicted octanol–water partition coefficient (Wildman–Crippen LogP) is 5.69. The molecule has 34 heavy (non-hydrogen) atoms. The summed E-state index contributed by atoms with van der Waals surface area (Å²) in [6.07, 6.45) is 0.645. The molecule has 16 heteroatoms. The fourth-order valence-electron chi connectivity index (χ4n) is 2.88. The SMILES string of the molecule is CCOC(=O)c1c(C(F)(F)C(F)(F)C(F)(F)C(F)(F)C(F)(F)Cl)c(C#N)n2ccc(C#N)cc12. The van der Waals surface area contributed by atoms with Gasteiger partial charge in [-0.1, -0.05) is 0 Å². The third-order valence-electron chi connectivity index (χ3n) is 4.51. The van der Waals surface area contributed by atoms with Gasteiger partial charge in [0.2, 0.25) is 0 Å². The summed E-state index contributed by atoms with van der Waals surface area (Å²) in [5.74, 6) is -30.5. The van der Waals surface area contributed by atoms with E-state index in [1.165, 1.54) is 6.07 Å². The van der Waals surface area contributed by atoms with Crippen LogP contribution in [-0.2, 0) is 10.7 Å². The largest absolute Gasteiger partial charge is 0.462 e. The van der Waals surface area contributed by atoms with Gasteiger partial charge in [-0.2, -0.15) is 54.4 Å². The fourth-order valence-corrected chi connectivity index (χ4v) is 3.00. The summed E-state index contributed by atoms with van der Waals surface area (Å²) in [6, 6.07) is 3.90. The number of carbonyl (C=O) groups is 1. The van der Waals surface area contributed by atoms with Gasteiger partial charge in [0.15, 0.2) is 0 Å². The Morgan fingerprint density at radius 1 is 1.00 bits per heavy atom. The Hall–Kier alpha value is -3.20. The van der Waals surface area contributed by atoms with Crippen molar-refractivity contribution in [1.82, 2.24) is 4.40 Å². The molecule has 2 aromatic heterocycles. The second-order valence-electron chi connectivity index (χ2n) is 6.51. The fraction of sp³-hybridized carbons (Fsp3) is 0.389. The smallest absolute Gasteiger partial charge is 0.393 e. The minimum Gasteiger partial charge on any atom is -0.462 e. The van der Waals surface area contributed by atoms with Crippen molar-refractivity contribution >= 4 is 23.1 Å². The molecule has 2 rings (SSSR count). The molecule has 0 amide bonds. The zero-order valence-electron chi connectivity index (χ0n) is 16.3.